The van der Waals surface area contributed by atoms with E-state index >= 15 is 0 Å². The molecule has 0 N–H and O–H groups in total. The second kappa shape index (κ2) is 7.16. The van der Waals surface area contributed by atoms with Gasteiger partial charge in [-0.1, -0.05) is 24.1 Å². The van der Waals surface area contributed by atoms with E-state index in [1.807, 2.05) is 61.5 Å². The van der Waals surface area contributed by atoms with Crippen LogP contribution in [0, 0.1) is 11.8 Å². The maximum absolute atomic E-state index is 12.0. The Morgan fingerprint density at radius 2 is 1.76 bits per heavy atom. The van der Waals surface area contributed by atoms with Gasteiger partial charge in [-0.25, -0.2) is 0 Å². The molecule has 0 bridgehead atoms. The average molecular weight is 279 g/mol. The van der Waals surface area contributed by atoms with Gasteiger partial charge in [-0.3, -0.25) is 4.79 Å². The van der Waals surface area contributed by atoms with Crippen LogP contribution in [0.15, 0.2) is 54.6 Å². The minimum Gasteiger partial charge on any atom is -0.494 e. The molecule has 0 aliphatic carbocycles. The molecule has 106 valence electrons. The minimum atomic E-state index is -0.247. The Labute approximate surface area is 125 Å². The first-order chi connectivity index (χ1) is 10.2. The summed E-state index contributed by atoms with van der Waals surface area (Å²) in [7, 11) is 1.71. The molecule has 0 unspecified atom stereocenters. The molecule has 0 atom stereocenters. The van der Waals surface area contributed by atoms with E-state index in [2.05, 4.69) is 11.8 Å². The quantitative estimate of drug-likeness (QED) is 0.808. The molecule has 0 saturated carbocycles. The van der Waals surface area contributed by atoms with Crippen LogP contribution >= 0.6 is 0 Å². The fourth-order valence-corrected chi connectivity index (χ4v) is 1.78. The third-order valence-electron chi connectivity index (χ3n) is 2.93. The van der Waals surface area contributed by atoms with Gasteiger partial charge in [0.2, 0.25) is 0 Å². The van der Waals surface area contributed by atoms with Gasteiger partial charge in [0.25, 0.3) is 0 Å². The van der Waals surface area contributed by atoms with Crippen molar-refractivity contribution < 1.29 is 9.53 Å². The predicted octanol–water partition coefficient (Wildman–Crippen LogP) is 3.10. The lowest BCUT2D eigenvalue weighted by atomic mass is 10.2. The summed E-state index contributed by atoms with van der Waals surface area (Å²) in [6.45, 7) is 2.55. The Balaban J connectivity index is 2.07. The lowest BCUT2D eigenvalue weighted by Gasteiger charge is -2.14. The Kier molecular flexibility index (Phi) is 5.00. The van der Waals surface area contributed by atoms with Crippen LogP contribution in [-0.4, -0.2) is 19.6 Å². The van der Waals surface area contributed by atoms with Crippen molar-refractivity contribution >= 4 is 11.6 Å². The van der Waals surface area contributed by atoms with Crippen molar-refractivity contribution in [2.45, 2.75) is 6.92 Å². The second-order valence-electron chi connectivity index (χ2n) is 4.41. The van der Waals surface area contributed by atoms with Crippen LogP contribution < -0.4 is 9.64 Å². The van der Waals surface area contributed by atoms with Gasteiger partial charge in [0.05, 0.1) is 6.61 Å². The molecule has 0 radical (unpaired) electrons. The topological polar surface area (TPSA) is 29.5 Å². The minimum absolute atomic E-state index is 0.247. The maximum atomic E-state index is 12.0. The van der Waals surface area contributed by atoms with Gasteiger partial charge in [0.15, 0.2) is 0 Å². The summed E-state index contributed by atoms with van der Waals surface area (Å²) in [6, 6.07) is 16.8. The molecule has 2 aromatic carbocycles. The van der Waals surface area contributed by atoms with Crippen molar-refractivity contribution in [2.75, 3.05) is 18.6 Å². The molecule has 0 aliphatic rings. The first-order valence-electron chi connectivity index (χ1n) is 6.78. The van der Waals surface area contributed by atoms with Crippen LogP contribution in [0.4, 0.5) is 5.69 Å². The summed E-state index contributed by atoms with van der Waals surface area (Å²) in [5, 5.41) is 0. The van der Waals surface area contributed by atoms with Crippen LogP contribution in [0.2, 0.25) is 0 Å². The lowest BCUT2D eigenvalue weighted by molar-refractivity contribution is -0.113. The summed E-state index contributed by atoms with van der Waals surface area (Å²) in [5.74, 6) is 6.05. The van der Waals surface area contributed by atoms with Gasteiger partial charge >= 0.3 is 5.91 Å². The number of benzene rings is 2. The van der Waals surface area contributed by atoms with Crippen LogP contribution in [0.3, 0.4) is 0 Å². The van der Waals surface area contributed by atoms with Crippen molar-refractivity contribution in [3.05, 3.63) is 60.2 Å². The lowest BCUT2D eigenvalue weighted by Crippen LogP contribution is -2.24. The SMILES string of the molecule is CCOc1ccc(N(C)C(=O)C#Cc2ccccc2)cc1. The molecule has 0 heterocycles. The van der Waals surface area contributed by atoms with Crippen molar-refractivity contribution in [3.8, 4) is 17.6 Å². The largest absolute Gasteiger partial charge is 0.494 e. The Hall–Kier alpha value is -2.73. The molecular formula is C18H17NO2. The third kappa shape index (κ3) is 4.12. The summed E-state index contributed by atoms with van der Waals surface area (Å²) in [5.41, 5.74) is 1.61. The molecular weight excluding hydrogens is 262 g/mol. The third-order valence-corrected chi connectivity index (χ3v) is 2.93. The predicted molar refractivity (Wildman–Crippen MR) is 84.3 cm³/mol. The summed E-state index contributed by atoms with van der Waals surface area (Å²) in [4.78, 5) is 13.6. The van der Waals surface area contributed by atoms with Gasteiger partial charge in [-0.05, 0) is 43.3 Å². The smallest absolute Gasteiger partial charge is 0.302 e. The van der Waals surface area contributed by atoms with Crippen LogP contribution in [0.1, 0.15) is 12.5 Å². The molecule has 0 aliphatic heterocycles. The van der Waals surface area contributed by atoms with Gasteiger partial charge in [0, 0.05) is 24.2 Å². The monoisotopic (exact) mass is 279 g/mol. The second-order valence-corrected chi connectivity index (χ2v) is 4.41. The summed E-state index contributed by atoms with van der Waals surface area (Å²) in [6.07, 6.45) is 0. The van der Waals surface area contributed by atoms with E-state index in [0.717, 1.165) is 17.0 Å². The summed E-state index contributed by atoms with van der Waals surface area (Å²) >= 11 is 0. The fourth-order valence-electron chi connectivity index (χ4n) is 1.78. The zero-order valence-corrected chi connectivity index (χ0v) is 12.2. The van der Waals surface area contributed by atoms with E-state index in [0.29, 0.717) is 6.61 Å². The number of anilines is 1. The number of nitrogens with zero attached hydrogens (tertiary/aromatic N) is 1. The molecule has 0 spiro atoms. The van der Waals surface area contributed by atoms with Crippen LogP contribution in [-0.2, 0) is 4.79 Å². The Morgan fingerprint density at radius 1 is 1.10 bits per heavy atom. The molecule has 1 amide bonds. The average Bonchev–Trinajstić information content (AvgIpc) is 2.54. The van der Waals surface area contributed by atoms with Crippen molar-refractivity contribution in [1.29, 1.82) is 0 Å². The van der Waals surface area contributed by atoms with E-state index in [9.17, 15) is 4.79 Å². The number of hydrogen-bond acceptors (Lipinski definition) is 2. The van der Waals surface area contributed by atoms with E-state index in [-0.39, 0.29) is 5.91 Å². The number of amides is 1. The summed E-state index contributed by atoms with van der Waals surface area (Å²) < 4.78 is 5.37. The number of carbonyl (C=O) groups is 1. The van der Waals surface area contributed by atoms with Gasteiger partial charge in [-0.2, -0.15) is 0 Å². The molecule has 3 heteroatoms. The van der Waals surface area contributed by atoms with E-state index < -0.39 is 0 Å². The number of hydrogen-bond donors (Lipinski definition) is 0. The van der Waals surface area contributed by atoms with Gasteiger partial charge in [-0.15, -0.1) is 0 Å². The van der Waals surface area contributed by atoms with Gasteiger partial charge in [0.1, 0.15) is 5.75 Å². The Morgan fingerprint density at radius 3 is 2.38 bits per heavy atom. The van der Waals surface area contributed by atoms with Crippen LogP contribution in [0.5, 0.6) is 5.75 Å². The van der Waals surface area contributed by atoms with E-state index in [1.165, 1.54) is 4.90 Å². The normalized spacial score (nSPS) is 9.43. The van der Waals surface area contributed by atoms with E-state index in [1.54, 1.807) is 7.05 Å². The molecule has 0 fully saturated rings. The number of ether oxygens (including phenoxy) is 1. The van der Waals surface area contributed by atoms with Crippen molar-refractivity contribution in [1.82, 2.24) is 0 Å². The fraction of sp³-hybridized carbons (Fsp3) is 0.167. The molecule has 2 rings (SSSR count). The standard InChI is InChI=1S/C18H17NO2/c1-3-21-17-12-10-16(11-13-17)19(2)18(20)14-9-15-7-5-4-6-8-15/h4-8,10-13H,3H2,1-2H3. The van der Waals surface area contributed by atoms with Crippen molar-refractivity contribution in [3.63, 3.8) is 0 Å². The highest BCUT2D eigenvalue weighted by Gasteiger charge is 2.07. The molecule has 0 saturated heterocycles. The zero-order valence-electron chi connectivity index (χ0n) is 12.2. The number of rotatable bonds is 3. The first-order valence-corrected chi connectivity index (χ1v) is 6.78. The highest BCUT2D eigenvalue weighted by Crippen LogP contribution is 2.18. The Bertz CT molecular complexity index is 651. The molecule has 21 heavy (non-hydrogen) atoms. The zero-order chi connectivity index (χ0) is 15.1. The van der Waals surface area contributed by atoms with Crippen molar-refractivity contribution in [2.24, 2.45) is 0 Å². The molecule has 0 aromatic heterocycles. The number of carbonyl (C=O) groups excluding carboxylic acids is 1. The van der Waals surface area contributed by atoms with Gasteiger partial charge < -0.3 is 9.64 Å². The first kappa shape index (κ1) is 14.7. The highest BCUT2D eigenvalue weighted by molar-refractivity contribution is 6.05. The molecule has 2 aromatic rings. The highest BCUT2D eigenvalue weighted by atomic mass is 16.5. The van der Waals surface area contributed by atoms with Crippen LogP contribution in [0.25, 0.3) is 0 Å². The maximum Gasteiger partial charge on any atom is 0.302 e. The van der Waals surface area contributed by atoms with E-state index in [4.69, 9.17) is 4.74 Å². The molecule has 3 nitrogen and oxygen atoms in total.